The molecule has 6 heteroatoms. The molecular weight excluding hydrogens is 284 g/mol. The summed E-state index contributed by atoms with van der Waals surface area (Å²) in [4.78, 5) is 0.306. The first-order valence-corrected chi connectivity index (χ1v) is 8.17. The Hall–Kier alpha value is -0.620. The first kappa shape index (κ1) is 14.8. The van der Waals surface area contributed by atoms with Gasteiger partial charge in [0.2, 0.25) is 10.0 Å². The predicted molar refractivity (Wildman–Crippen MR) is 77.0 cm³/mol. The van der Waals surface area contributed by atoms with Gasteiger partial charge in [0.25, 0.3) is 0 Å². The Labute approximate surface area is 119 Å². The molecule has 0 aliphatic carbocycles. The van der Waals surface area contributed by atoms with Crippen LogP contribution in [0.5, 0.6) is 0 Å². The highest BCUT2D eigenvalue weighted by Gasteiger charge is 2.36. The Kier molecular flexibility index (Phi) is 4.20. The Morgan fingerprint density at radius 1 is 1.26 bits per heavy atom. The van der Waals surface area contributed by atoms with Crippen LogP contribution in [0.25, 0.3) is 0 Å². The smallest absolute Gasteiger partial charge is 0.243 e. The zero-order valence-electron chi connectivity index (χ0n) is 11.4. The van der Waals surface area contributed by atoms with Crippen molar-refractivity contribution in [3.63, 3.8) is 0 Å². The molecule has 1 aromatic carbocycles. The minimum atomic E-state index is -3.50. The van der Waals surface area contributed by atoms with Gasteiger partial charge in [-0.1, -0.05) is 17.7 Å². The second-order valence-corrected chi connectivity index (χ2v) is 7.27. The lowest BCUT2D eigenvalue weighted by molar-refractivity contribution is 0.220. The summed E-state index contributed by atoms with van der Waals surface area (Å²) < 4.78 is 27.2. The summed E-state index contributed by atoms with van der Waals surface area (Å²) in [6.07, 6.45) is 0. The molecule has 1 saturated heterocycles. The molecule has 1 aliphatic heterocycles. The third kappa shape index (κ3) is 2.65. The normalized spacial score (nSPS) is 25.5. The van der Waals surface area contributed by atoms with Gasteiger partial charge >= 0.3 is 0 Å². The van der Waals surface area contributed by atoms with Crippen LogP contribution in [0, 0.1) is 6.92 Å². The maximum atomic E-state index is 12.8. The van der Waals surface area contributed by atoms with Gasteiger partial charge in [-0.2, -0.15) is 4.31 Å². The van der Waals surface area contributed by atoms with Gasteiger partial charge in [-0.15, -0.1) is 0 Å². The van der Waals surface area contributed by atoms with Crippen molar-refractivity contribution in [2.45, 2.75) is 37.8 Å². The van der Waals surface area contributed by atoms with Crippen molar-refractivity contribution in [2.24, 2.45) is 0 Å². The Bertz CT molecular complexity index is 564. The first-order chi connectivity index (χ1) is 8.85. The van der Waals surface area contributed by atoms with Crippen LogP contribution in [0.4, 0.5) is 0 Å². The molecule has 1 heterocycles. The lowest BCUT2D eigenvalue weighted by atomic mass is 10.2. The molecular formula is C13H19ClN2O2S. The van der Waals surface area contributed by atoms with Gasteiger partial charge in [0, 0.05) is 30.2 Å². The molecule has 2 unspecified atom stereocenters. The number of sulfonamides is 1. The highest BCUT2D eigenvalue weighted by molar-refractivity contribution is 7.89. The van der Waals surface area contributed by atoms with Crippen molar-refractivity contribution < 1.29 is 8.42 Å². The summed E-state index contributed by atoms with van der Waals surface area (Å²) in [6.45, 7) is 6.92. The van der Waals surface area contributed by atoms with Gasteiger partial charge in [-0.05, 0) is 38.5 Å². The monoisotopic (exact) mass is 302 g/mol. The molecule has 1 aromatic rings. The molecule has 0 radical (unpaired) electrons. The largest absolute Gasteiger partial charge is 0.314 e. The predicted octanol–water partition coefficient (Wildman–Crippen LogP) is 2.02. The van der Waals surface area contributed by atoms with E-state index in [2.05, 4.69) is 5.32 Å². The van der Waals surface area contributed by atoms with Gasteiger partial charge in [0.05, 0.1) is 4.90 Å². The number of nitrogens with zero attached hydrogens (tertiary/aromatic N) is 1. The maximum absolute atomic E-state index is 12.8. The molecule has 0 saturated carbocycles. The number of piperazine rings is 1. The van der Waals surface area contributed by atoms with Crippen LogP contribution in [-0.4, -0.2) is 37.9 Å². The highest BCUT2D eigenvalue weighted by atomic mass is 35.5. The van der Waals surface area contributed by atoms with Crippen molar-refractivity contribution in [2.75, 3.05) is 13.1 Å². The Morgan fingerprint density at radius 3 is 2.42 bits per heavy atom. The molecule has 1 N–H and O–H groups in total. The summed E-state index contributed by atoms with van der Waals surface area (Å²) in [5.74, 6) is 0. The van der Waals surface area contributed by atoms with E-state index in [1.165, 1.54) is 0 Å². The van der Waals surface area contributed by atoms with E-state index >= 15 is 0 Å². The van der Waals surface area contributed by atoms with Gasteiger partial charge in [0.1, 0.15) is 0 Å². The third-order valence-corrected chi connectivity index (χ3v) is 6.20. The van der Waals surface area contributed by atoms with Crippen molar-refractivity contribution in [3.8, 4) is 0 Å². The number of benzene rings is 1. The standard InChI is InChI=1S/C13H19ClN2O2S/c1-9-7-15-8-10(2)16(9)19(17,18)13-6-4-5-12(14)11(13)3/h4-6,9-10,15H,7-8H2,1-3H3. The summed E-state index contributed by atoms with van der Waals surface area (Å²) >= 11 is 6.04. The van der Waals surface area contributed by atoms with E-state index in [9.17, 15) is 8.42 Å². The topological polar surface area (TPSA) is 49.4 Å². The van der Waals surface area contributed by atoms with Crippen LogP contribution >= 0.6 is 11.6 Å². The number of hydrogen-bond donors (Lipinski definition) is 1. The zero-order chi connectivity index (χ0) is 14.2. The first-order valence-electron chi connectivity index (χ1n) is 6.35. The lowest BCUT2D eigenvalue weighted by Gasteiger charge is -2.38. The number of rotatable bonds is 2. The minimum Gasteiger partial charge on any atom is -0.314 e. The van der Waals surface area contributed by atoms with E-state index in [-0.39, 0.29) is 12.1 Å². The van der Waals surface area contributed by atoms with Crippen LogP contribution in [0.15, 0.2) is 23.1 Å². The molecule has 0 spiro atoms. The fourth-order valence-electron chi connectivity index (χ4n) is 2.57. The quantitative estimate of drug-likeness (QED) is 0.909. The van der Waals surface area contributed by atoms with Crippen LogP contribution in [0.2, 0.25) is 5.02 Å². The second-order valence-electron chi connectivity index (χ2n) is 5.05. The molecule has 0 aromatic heterocycles. The summed E-state index contributed by atoms with van der Waals surface area (Å²) in [5.41, 5.74) is 0.613. The SMILES string of the molecule is Cc1c(Cl)cccc1S(=O)(=O)N1C(C)CNCC1C. The molecule has 19 heavy (non-hydrogen) atoms. The van der Waals surface area contributed by atoms with E-state index in [0.717, 1.165) is 0 Å². The van der Waals surface area contributed by atoms with Crippen molar-refractivity contribution in [3.05, 3.63) is 28.8 Å². The lowest BCUT2D eigenvalue weighted by Crippen LogP contribution is -2.57. The van der Waals surface area contributed by atoms with Gasteiger partial charge in [-0.25, -0.2) is 8.42 Å². The molecule has 106 valence electrons. The molecule has 2 atom stereocenters. The fourth-order valence-corrected chi connectivity index (χ4v) is 4.87. The van der Waals surface area contributed by atoms with Crippen LogP contribution < -0.4 is 5.32 Å². The van der Waals surface area contributed by atoms with E-state index in [4.69, 9.17) is 11.6 Å². The molecule has 0 bridgehead atoms. The Morgan fingerprint density at radius 2 is 1.84 bits per heavy atom. The van der Waals surface area contributed by atoms with Crippen molar-refractivity contribution in [1.29, 1.82) is 0 Å². The third-order valence-electron chi connectivity index (χ3n) is 3.52. The molecule has 0 amide bonds. The van der Waals surface area contributed by atoms with Gasteiger partial charge in [-0.3, -0.25) is 0 Å². The van der Waals surface area contributed by atoms with Crippen molar-refractivity contribution >= 4 is 21.6 Å². The zero-order valence-corrected chi connectivity index (χ0v) is 12.9. The number of hydrogen-bond acceptors (Lipinski definition) is 3. The number of halogens is 1. The highest BCUT2D eigenvalue weighted by Crippen LogP contribution is 2.28. The maximum Gasteiger partial charge on any atom is 0.243 e. The average molecular weight is 303 g/mol. The fraction of sp³-hybridized carbons (Fsp3) is 0.538. The number of nitrogens with one attached hydrogen (secondary N) is 1. The summed E-state index contributed by atoms with van der Waals surface area (Å²) in [5, 5.41) is 3.71. The van der Waals surface area contributed by atoms with E-state index < -0.39 is 10.0 Å². The van der Waals surface area contributed by atoms with Crippen molar-refractivity contribution in [1.82, 2.24) is 9.62 Å². The molecule has 1 fully saturated rings. The van der Waals surface area contributed by atoms with Gasteiger partial charge < -0.3 is 5.32 Å². The molecule has 4 nitrogen and oxygen atoms in total. The average Bonchev–Trinajstić information content (AvgIpc) is 2.32. The van der Waals surface area contributed by atoms with Crippen LogP contribution in [0.3, 0.4) is 0 Å². The molecule has 1 aliphatic rings. The Balaban J connectivity index is 2.50. The van der Waals surface area contributed by atoms with Crippen LogP contribution in [-0.2, 0) is 10.0 Å². The second kappa shape index (κ2) is 5.40. The summed E-state index contributed by atoms with van der Waals surface area (Å²) in [7, 11) is -3.50. The van der Waals surface area contributed by atoms with Gasteiger partial charge in [0.15, 0.2) is 0 Å². The molecule has 2 rings (SSSR count). The minimum absolute atomic E-state index is 0.0628. The van der Waals surface area contributed by atoms with E-state index in [0.29, 0.717) is 28.6 Å². The van der Waals surface area contributed by atoms with Crippen LogP contribution in [0.1, 0.15) is 19.4 Å². The van der Waals surface area contributed by atoms with E-state index in [1.54, 1.807) is 29.4 Å². The summed E-state index contributed by atoms with van der Waals surface area (Å²) in [6, 6.07) is 4.89. The van der Waals surface area contributed by atoms with E-state index in [1.807, 2.05) is 13.8 Å².